The molecule has 5 heteroatoms. The highest BCUT2D eigenvalue weighted by atomic mass is 32.1. The summed E-state index contributed by atoms with van der Waals surface area (Å²) in [7, 11) is 0. The van der Waals surface area contributed by atoms with E-state index in [-0.39, 0.29) is 0 Å². The smallest absolute Gasteiger partial charge is 0.347 e. The molecular weight excluding hydrogens is 272 g/mol. The van der Waals surface area contributed by atoms with Crippen LogP contribution in [0.4, 0.5) is 5.13 Å². The van der Waals surface area contributed by atoms with Gasteiger partial charge >= 0.3 is 5.97 Å². The van der Waals surface area contributed by atoms with E-state index in [1.54, 1.807) is 0 Å². The average molecular weight is 296 g/mol. The molecule has 0 amide bonds. The second-order valence-corrected chi connectivity index (χ2v) is 6.87. The number of aryl methyl sites for hydroxylation is 1. The predicted molar refractivity (Wildman–Crippen MR) is 82.8 cm³/mol. The van der Waals surface area contributed by atoms with Crippen molar-refractivity contribution >= 4 is 22.4 Å². The van der Waals surface area contributed by atoms with Crippen molar-refractivity contribution in [2.75, 3.05) is 18.0 Å². The molecule has 1 saturated heterocycles. The van der Waals surface area contributed by atoms with Gasteiger partial charge in [0, 0.05) is 13.1 Å². The maximum absolute atomic E-state index is 11.3. The molecule has 0 bridgehead atoms. The van der Waals surface area contributed by atoms with Gasteiger partial charge in [0.2, 0.25) is 0 Å². The number of piperidine rings is 1. The van der Waals surface area contributed by atoms with Gasteiger partial charge in [-0.05, 0) is 31.1 Å². The first-order chi connectivity index (χ1) is 9.52. The lowest BCUT2D eigenvalue weighted by molar-refractivity contribution is 0.0700. The van der Waals surface area contributed by atoms with Gasteiger partial charge in [0.1, 0.15) is 4.88 Å². The number of aromatic nitrogens is 1. The molecule has 1 aromatic rings. The molecular formula is C15H24N2O2S. The van der Waals surface area contributed by atoms with Gasteiger partial charge in [0.15, 0.2) is 5.13 Å². The molecule has 0 spiro atoms. The van der Waals surface area contributed by atoms with Crippen LogP contribution in [0.1, 0.15) is 55.4 Å². The molecule has 0 saturated carbocycles. The molecule has 0 aromatic carbocycles. The fourth-order valence-corrected chi connectivity index (χ4v) is 3.81. The van der Waals surface area contributed by atoms with E-state index in [1.807, 2.05) is 0 Å². The zero-order valence-electron chi connectivity index (χ0n) is 12.6. The molecule has 0 unspecified atom stereocenters. The molecule has 0 aliphatic carbocycles. The number of carboxylic acids is 1. The third-order valence-corrected chi connectivity index (χ3v) is 5.27. The van der Waals surface area contributed by atoms with Crippen LogP contribution in [0.15, 0.2) is 0 Å². The largest absolute Gasteiger partial charge is 0.477 e. The third-order valence-electron chi connectivity index (χ3n) is 4.12. The van der Waals surface area contributed by atoms with Crippen LogP contribution in [0.25, 0.3) is 0 Å². The first kappa shape index (κ1) is 15.3. The van der Waals surface area contributed by atoms with Crippen LogP contribution in [0.2, 0.25) is 0 Å². The highest BCUT2D eigenvalue weighted by molar-refractivity contribution is 7.17. The van der Waals surface area contributed by atoms with Gasteiger partial charge in [0.25, 0.3) is 0 Å². The van der Waals surface area contributed by atoms with E-state index in [1.165, 1.54) is 24.2 Å². The third kappa shape index (κ3) is 3.32. The van der Waals surface area contributed by atoms with Crippen LogP contribution >= 0.6 is 11.3 Å². The lowest BCUT2D eigenvalue weighted by atomic mass is 9.87. The summed E-state index contributed by atoms with van der Waals surface area (Å²) in [6.45, 7) is 8.62. The summed E-state index contributed by atoms with van der Waals surface area (Å²) >= 11 is 1.34. The van der Waals surface area contributed by atoms with Gasteiger partial charge < -0.3 is 10.0 Å². The Balaban J connectivity index is 2.10. The van der Waals surface area contributed by atoms with E-state index in [2.05, 4.69) is 30.7 Å². The Bertz CT molecular complexity index is 462. The summed E-state index contributed by atoms with van der Waals surface area (Å²) in [4.78, 5) is 18.5. The van der Waals surface area contributed by atoms with Crippen LogP contribution in [-0.2, 0) is 6.42 Å². The van der Waals surface area contributed by atoms with E-state index < -0.39 is 5.97 Å². The van der Waals surface area contributed by atoms with E-state index in [0.29, 0.717) is 4.88 Å². The van der Waals surface area contributed by atoms with Crippen LogP contribution in [0.3, 0.4) is 0 Å². The second-order valence-electron chi connectivity index (χ2n) is 5.90. The number of nitrogens with zero attached hydrogens (tertiary/aromatic N) is 2. The minimum atomic E-state index is -0.839. The van der Waals surface area contributed by atoms with Gasteiger partial charge in [-0.3, -0.25) is 0 Å². The Morgan fingerprint density at radius 2 is 2.10 bits per heavy atom. The maximum Gasteiger partial charge on any atom is 0.347 e. The van der Waals surface area contributed by atoms with Gasteiger partial charge in [-0.15, -0.1) is 0 Å². The van der Waals surface area contributed by atoms with Crippen LogP contribution < -0.4 is 4.90 Å². The number of carbonyl (C=O) groups is 1. The monoisotopic (exact) mass is 296 g/mol. The van der Waals surface area contributed by atoms with Crippen LogP contribution in [0.5, 0.6) is 0 Å². The van der Waals surface area contributed by atoms with Crippen LogP contribution in [0, 0.1) is 11.8 Å². The Hall–Kier alpha value is -1.10. The molecule has 20 heavy (non-hydrogen) atoms. The first-order valence-corrected chi connectivity index (χ1v) is 8.32. The lowest BCUT2D eigenvalue weighted by Gasteiger charge is -2.33. The van der Waals surface area contributed by atoms with Crippen molar-refractivity contribution in [2.24, 2.45) is 11.8 Å². The van der Waals surface area contributed by atoms with Gasteiger partial charge in [0.05, 0.1) is 5.69 Å². The fraction of sp³-hybridized carbons (Fsp3) is 0.733. The summed E-state index contributed by atoms with van der Waals surface area (Å²) in [5.41, 5.74) is 0.756. The lowest BCUT2D eigenvalue weighted by Crippen LogP contribution is -2.35. The number of hydrogen-bond acceptors (Lipinski definition) is 4. The molecule has 112 valence electrons. The highest BCUT2D eigenvalue weighted by Gasteiger charge is 2.25. The Labute approximate surface area is 124 Å². The molecule has 1 aliphatic heterocycles. The van der Waals surface area contributed by atoms with E-state index in [9.17, 15) is 9.90 Å². The number of hydrogen-bond donors (Lipinski definition) is 1. The average Bonchev–Trinajstić information content (AvgIpc) is 2.83. The number of thiazole rings is 1. The molecule has 0 atom stereocenters. The minimum Gasteiger partial charge on any atom is -0.477 e. The number of aromatic carboxylic acids is 1. The maximum atomic E-state index is 11.3. The molecule has 1 aliphatic rings. The van der Waals surface area contributed by atoms with Crippen molar-refractivity contribution in [3.05, 3.63) is 10.6 Å². The fourth-order valence-electron chi connectivity index (χ4n) is 2.81. The van der Waals surface area contributed by atoms with Gasteiger partial charge in [-0.25, -0.2) is 9.78 Å². The minimum absolute atomic E-state index is 0.424. The van der Waals surface area contributed by atoms with Crippen molar-refractivity contribution < 1.29 is 9.90 Å². The van der Waals surface area contributed by atoms with E-state index in [4.69, 9.17) is 0 Å². The second kappa shape index (κ2) is 6.57. The molecule has 2 rings (SSSR count). The van der Waals surface area contributed by atoms with E-state index in [0.717, 1.165) is 48.6 Å². The summed E-state index contributed by atoms with van der Waals surface area (Å²) in [6.07, 6.45) is 4.05. The summed E-state index contributed by atoms with van der Waals surface area (Å²) in [6, 6.07) is 0. The molecule has 1 aromatic heterocycles. The summed E-state index contributed by atoms with van der Waals surface area (Å²) in [5.74, 6) is 0.688. The van der Waals surface area contributed by atoms with Crippen LogP contribution in [-0.4, -0.2) is 29.1 Å². The molecule has 1 fully saturated rings. The number of rotatable bonds is 5. The Morgan fingerprint density at radius 3 is 2.60 bits per heavy atom. The van der Waals surface area contributed by atoms with Crippen molar-refractivity contribution in [3.8, 4) is 0 Å². The molecule has 1 N–H and O–H groups in total. The molecule has 2 heterocycles. The van der Waals surface area contributed by atoms with Crippen molar-refractivity contribution in [1.29, 1.82) is 0 Å². The molecule has 0 radical (unpaired) electrons. The van der Waals surface area contributed by atoms with Gasteiger partial charge in [-0.1, -0.05) is 38.5 Å². The molecule has 4 nitrogen and oxygen atoms in total. The van der Waals surface area contributed by atoms with Crippen molar-refractivity contribution in [1.82, 2.24) is 4.98 Å². The van der Waals surface area contributed by atoms with Crippen molar-refractivity contribution in [3.63, 3.8) is 0 Å². The Morgan fingerprint density at radius 1 is 1.45 bits per heavy atom. The Kier molecular flexibility index (Phi) is 5.02. The number of carboxylic acid groups (broad SMARTS) is 1. The van der Waals surface area contributed by atoms with E-state index >= 15 is 0 Å². The zero-order valence-corrected chi connectivity index (χ0v) is 13.4. The normalized spacial score (nSPS) is 16.9. The SMILES string of the molecule is CCCc1nc(N2CCC(C(C)C)CC2)sc1C(=O)O. The standard InChI is InChI=1S/C15H24N2O2S/c1-4-5-12-13(14(18)19)20-15(16-12)17-8-6-11(7-9-17)10(2)3/h10-11H,4-9H2,1-3H3,(H,18,19). The zero-order chi connectivity index (χ0) is 14.7. The van der Waals surface area contributed by atoms with Gasteiger partial charge in [-0.2, -0.15) is 0 Å². The summed E-state index contributed by atoms with van der Waals surface area (Å²) < 4.78 is 0. The quantitative estimate of drug-likeness (QED) is 0.901. The summed E-state index contributed by atoms with van der Waals surface area (Å²) in [5, 5.41) is 10.2. The number of anilines is 1. The van der Waals surface area contributed by atoms with Crippen molar-refractivity contribution in [2.45, 2.75) is 46.5 Å². The highest BCUT2D eigenvalue weighted by Crippen LogP contribution is 2.32. The first-order valence-electron chi connectivity index (χ1n) is 7.50. The predicted octanol–water partition coefficient (Wildman–Crippen LogP) is 3.67. The topological polar surface area (TPSA) is 53.4 Å².